The molecule has 4 nitrogen and oxygen atoms in total. The van der Waals surface area contributed by atoms with E-state index in [-0.39, 0.29) is 18.2 Å². The van der Waals surface area contributed by atoms with Gasteiger partial charge in [0.1, 0.15) is 11.9 Å². The van der Waals surface area contributed by atoms with Crippen LogP contribution in [0.4, 0.5) is 0 Å². The Morgan fingerprint density at radius 1 is 1.38 bits per heavy atom. The number of fused-ring (bicyclic) bond motifs is 1. The number of benzene rings is 1. The molecule has 2 N–H and O–H groups in total. The number of hydrogen-bond acceptors (Lipinski definition) is 4. The second kappa shape index (κ2) is 6.00. The molecule has 1 fully saturated rings. The summed E-state index contributed by atoms with van der Waals surface area (Å²) in [5, 5.41) is 14.0. The topological polar surface area (TPSA) is 54.4 Å². The number of nitrogens with one attached hydrogen (secondary N) is 1. The Kier molecular flexibility index (Phi) is 4.08. The quantitative estimate of drug-likeness (QED) is 0.907. The van der Waals surface area contributed by atoms with Gasteiger partial charge >= 0.3 is 0 Å². The first-order valence-corrected chi connectivity index (χ1v) is 7.56. The summed E-state index contributed by atoms with van der Waals surface area (Å²) in [6, 6.07) is 9.94. The average molecular weight is 286 g/mol. The number of ether oxygens (including phenoxy) is 1. The van der Waals surface area contributed by atoms with Crippen molar-refractivity contribution in [3.8, 4) is 5.75 Å². The van der Waals surface area contributed by atoms with Crippen LogP contribution in [-0.2, 0) is 0 Å². The van der Waals surface area contributed by atoms with Crippen molar-refractivity contribution in [2.24, 2.45) is 0 Å². The lowest BCUT2D eigenvalue weighted by Crippen LogP contribution is -2.52. The Labute approximate surface area is 125 Å². The highest BCUT2D eigenvalue weighted by atomic mass is 16.5. The Hall–Kier alpha value is -1.65. The third-order valence-corrected chi connectivity index (χ3v) is 4.53. The van der Waals surface area contributed by atoms with E-state index in [0.29, 0.717) is 0 Å². The van der Waals surface area contributed by atoms with Gasteiger partial charge in [-0.3, -0.25) is 4.98 Å². The van der Waals surface area contributed by atoms with Crippen molar-refractivity contribution in [1.29, 1.82) is 0 Å². The van der Waals surface area contributed by atoms with Crippen molar-refractivity contribution in [1.82, 2.24) is 10.3 Å². The smallest absolute Gasteiger partial charge is 0.129 e. The van der Waals surface area contributed by atoms with E-state index >= 15 is 0 Å². The molecule has 112 valence electrons. The standard InChI is InChI=1S/C17H22N2O2/c1-18-17(12-20)9-3-5-13(11-17)21-16-8-2-7-15-14(16)6-4-10-19-15/h2,4,6-8,10,13,18,20H,3,5,9,11-12H2,1H3. The second-order valence-corrected chi connectivity index (χ2v) is 5.85. The van der Waals surface area contributed by atoms with Gasteiger partial charge in [-0.1, -0.05) is 6.07 Å². The molecule has 0 spiro atoms. The van der Waals surface area contributed by atoms with Crippen LogP contribution in [0.15, 0.2) is 36.5 Å². The lowest BCUT2D eigenvalue weighted by Gasteiger charge is -2.39. The van der Waals surface area contributed by atoms with Crippen molar-refractivity contribution in [2.75, 3.05) is 13.7 Å². The number of rotatable bonds is 4. The lowest BCUT2D eigenvalue weighted by molar-refractivity contribution is 0.0562. The van der Waals surface area contributed by atoms with Crippen LogP contribution < -0.4 is 10.1 Å². The molecule has 4 heteroatoms. The SMILES string of the molecule is CNC1(CO)CCCC(Oc2cccc3ncccc23)C1. The zero-order valence-corrected chi connectivity index (χ0v) is 12.4. The fourth-order valence-corrected chi connectivity index (χ4v) is 3.22. The maximum atomic E-state index is 9.67. The van der Waals surface area contributed by atoms with Gasteiger partial charge in [0, 0.05) is 23.5 Å². The molecule has 0 amide bonds. The number of aromatic nitrogens is 1. The number of likely N-dealkylation sites (N-methyl/N-ethyl adjacent to an activating group) is 1. The molecule has 3 rings (SSSR count). The summed E-state index contributed by atoms with van der Waals surface area (Å²) < 4.78 is 6.24. The second-order valence-electron chi connectivity index (χ2n) is 5.85. The molecule has 0 aliphatic heterocycles. The largest absolute Gasteiger partial charge is 0.490 e. The molecule has 2 aromatic rings. The Bertz CT molecular complexity index is 605. The molecule has 2 unspecified atom stereocenters. The molecule has 0 bridgehead atoms. The van der Waals surface area contributed by atoms with E-state index in [2.05, 4.69) is 10.3 Å². The first-order chi connectivity index (χ1) is 10.3. The predicted octanol–water partition coefficient (Wildman–Crippen LogP) is 2.51. The van der Waals surface area contributed by atoms with E-state index in [9.17, 15) is 5.11 Å². The van der Waals surface area contributed by atoms with Gasteiger partial charge in [0.15, 0.2) is 0 Å². The van der Waals surface area contributed by atoms with Gasteiger partial charge in [0.25, 0.3) is 0 Å². The molecule has 21 heavy (non-hydrogen) atoms. The first kappa shape index (κ1) is 14.3. The van der Waals surface area contributed by atoms with Crippen molar-refractivity contribution in [3.63, 3.8) is 0 Å². The first-order valence-electron chi connectivity index (χ1n) is 7.56. The van der Waals surface area contributed by atoms with E-state index in [4.69, 9.17) is 4.74 Å². The Morgan fingerprint density at radius 2 is 2.29 bits per heavy atom. The summed E-state index contributed by atoms with van der Waals surface area (Å²) in [7, 11) is 1.92. The molecular formula is C17H22N2O2. The highest BCUT2D eigenvalue weighted by Crippen LogP contribution is 2.32. The predicted molar refractivity (Wildman–Crippen MR) is 83.5 cm³/mol. The van der Waals surface area contributed by atoms with Gasteiger partial charge in [-0.15, -0.1) is 0 Å². The molecule has 1 aromatic carbocycles. The van der Waals surface area contributed by atoms with Crippen molar-refractivity contribution in [2.45, 2.75) is 37.3 Å². The van der Waals surface area contributed by atoms with Gasteiger partial charge in [0.05, 0.1) is 12.1 Å². The molecule has 0 radical (unpaired) electrons. The number of hydrogen-bond donors (Lipinski definition) is 2. The van der Waals surface area contributed by atoms with Crippen LogP contribution >= 0.6 is 0 Å². The normalized spacial score (nSPS) is 25.9. The minimum atomic E-state index is -0.203. The summed E-state index contributed by atoms with van der Waals surface area (Å²) in [5.41, 5.74) is 0.749. The molecule has 1 aliphatic rings. The van der Waals surface area contributed by atoms with Crippen molar-refractivity contribution >= 4 is 10.9 Å². The van der Waals surface area contributed by atoms with Gasteiger partial charge < -0.3 is 15.2 Å². The summed E-state index contributed by atoms with van der Waals surface area (Å²) >= 11 is 0. The fourth-order valence-electron chi connectivity index (χ4n) is 3.22. The van der Waals surface area contributed by atoms with Gasteiger partial charge in [-0.05, 0) is 50.6 Å². The van der Waals surface area contributed by atoms with E-state index in [1.54, 1.807) is 6.20 Å². The maximum Gasteiger partial charge on any atom is 0.129 e. The van der Waals surface area contributed by atoms with E-state index in [1.807, 2.05) is 37.4 Å². The third kappa shape index (κ3) is 2.87. The highest BCUT2D eigenvalue weighted by Gasteiger charge is 2.35. The number of aliphatic hydroxyl groups is 1. The minimum absolute atomic E-state index is 0.129. The van der Waals surface area contributed by atoms with E-state index in [0.717, 1.165) is 42.3 Å². The molecular weight excluding hydrogens is 264 g/mol. The number of nitrogens with zero attached hydrogens (tertiary/aromatic N) is 1. The Morgan fingerprint density at radius 3 is 3.10 bits per heavy atom. The molecule has 1 heterocycles. The minimum Gasteiger partial charge on any atom is -0.490 e. The van der Waals surface area contributed by atoms with Crippen LogP contribution in [0.2, 0.25) is 0 Å². The van der Waals surface area contributed by atoms with Crippen LogP contribution in [0, 0.1) is 0 Å². The summed E-state index contributed by atoms with van der Waals surface area (Å²) in [6.07, 6.45) is 5.84. The molecule has 0 saturated heterocycles. The monoisotopic (exact) mass is 286 g/mol. The van der Waals surface area contributed by atoms with Gasteiger partial charge in [-0.25, -0.2) is 0 Å². The molecule has 1 aromatic heterocycles. The zero-order valence-electron chi connectivity index (χ0n) is 12.4. The van der Waals surface area contributed by atoms with Crippen LogP contribution in [-0.4, -0.2) is 35.4 Å². The van der Waals surface area contributed by atoms with Crippen molar-refractivity contribution in [3.05, 3.63) is 36.5 Å². The van der Waals surface area contributed by atoms with Crippen LogP contribution in [0.25, 0.3) is 10.9 Å². The average Bonchev–Trinajstić information content (AvgIpc) is 2.55. The fraction of sp³-hybridized carbons (Fsp3) is 0.471. The highest BCUT2D eigenvalue weighted by molar-refractivity contribution is 5.84. The number of pyridine rings is 1. The lowest BCUT2D eigenvalue weighted by atomic mass is 9.80. The molecule has 2 atom stereocenters. The van der Waals surface area contributed by atoms with Crippen LogP contribution in [0.1, 0.15) is 25.7 Å². The summed E-state index contributed by atoms with van der Waals surface area (Å²) in [5.74, 6) is 0.885. The molecule has 1 saturated carbocycles. The van der Waals surface area contributed by atoms with Gasteiger partial charge in [-0.2, -0.15) is 0 Å². The maximum absolute atomic E-state index is 9.67. The Balaban J connectivity index is 1.82. The zero-order chi connectivity index (χ0) is 14.7. The van der Waals surface area contributed by atoms with E-state index < -0.39 is 0 Å². The third-order valence-electron chi connectivity index (χ3n) is 4.53. The van der Waals surface area contributed by atoms with E-state index in [1.165, 1.54) is 0 Å². The van der Waals surface area contributed by atoms with Crippen LogP contribution in [0.5, 0.6) is 5.75 Å². The van der Waals surface area contributed by atoms with Crippen molar-refractivity contribution < 1.29 is 9.84 Å². The summed E-state index contributed by atoms with van der Waals surface area (Å²) in [4.78, 5) is 4.36. The molecule has 1 aliphatic carbocycles. The summed E-state index contributed by atoms with van der Waals surface area (Å²) in [6.45, 7) is 0.153. The number of aliphatic hydroxyl groups excluding tert-OH is 1. The van der Waals surface area contributed by atoms with Crippen LogP contribution in [0.3, 0.4) is 0 Å². The van der Waals surface area contributed by atoms with Gasteiger partial charge in [0.2, 0.25) is 0 Å².